The standard InChI is InChI=1S/C23H22FN3O5S/c1-15-13-21(33(30,31)27-20-5-3-17(24)4-6-20)11-12-22(15)32-14-23(29)26-19-9-7-18(8-10-19)25-16(2)28/h3-13,27H,14H2,1-2H3,(H,25,28)(H,26,29). The summed E-state index contributed by atoms with van der Waals surface area (Å²) in [6.07, 6.45) is 0. The minimum absolute atomic E-state index is 0.000358. The Labute approximate surface area is 190 Å². The van der Waals surface area contributed by atoms with E-state index in [0.29, 0.717) is 22.7 Å². The molecule has 0 aromatic heterocycles. The Hall–Kier alpha value is -3.92. The molecule has 0 saturated carbocycles. The van der Waals surface area contributed by atoms with Crippen molar-refractivity contribution in [2.45, 2.75) is 18.7 Å². The second-order valence-electron chi connectivity index (χ2n) is 7.14. The largest absolute Gasteiger partial charge is 0.483 e. The van der Waals surface area contributed by atoms with Gasteiger partial charge < -0.3 is 15.4 Å². The molecule has 3 aromatic rings. The predicted octanol–water partition coefficient (Wildman–Crippen LogP) is 3.91. The van der Waals surface area contributed by atoms with Crippen LogP contribution in [0.4, 0.5) is 21.5 Å². The molecule has 2 amide bonds. The van der Waals surface area contributed by atoms with Crippen molar-refractivity contribution < 1.29 is 27.1 Å². The Kier molecular flexibility index (Phi) is 7.29. The van der Waals surface area contributed by atoms with Crippen LogP contribution in [0.1, 0.15) is 12.5 Å². The number of amides is 2. The van der Waals surface area contributed by atoms with Crippen LogP contribution >= 0.6 is 0 Å². The third-order valence-corrected chi connectivity index (χ3v) is 5.78. The highest BCUT2D eigenvalue weighted by atomic mass is 32.2. The lowest BCUT2D eigenvalue weighted by Gasteiger charge is -2.12. The van der Waals surface area contributed by atoms with E-state index >= 15 is 0 Å². The average Bonchev–Trinajstić information content (AvgIpc) is 2.75. The molecule has 3 N–H and O–H groups in total. The molecule has 0 aliphatic heterocycles. The highest BCUT2D eigenvalue weighted by molar-refractivity contribution is 7.92. The number of hydrogen-bond donors (Lipinski definition) is 3. The van der Waals surface area contributed by atoms with Crippen molar-refractivity contribution in [2.24, 2.45) is 0 Å². The van der Waals surface area contributed by atoms with Gasteiger partial charge >= 0.3 is 0 Å². The summed E-state index contributed by atoms with van der Waals surface area (Å²) in [7, 11) is -3.88. The van der Waals surface area contributed by atoms with Crippen LogP contribution in [0.5, 0.6) is 5.75 Å². The summed E-state index contributed by atoms with van der Waals surface area (Å²) >= 11 is 0. The van der Waals surface area contributed by atoms with Gasteiger partial charge in [0.25, 0.3) is 15.9 Å². The number of benzene rings is 3. The maximum absolute atomic E-state index is 13.0. The SMILES string of the molecule is CC(=O)Nc1ccc(NC(=O)COc2ccc(S(=O)(=O)Nc3ccc(F)cc3)cc2C)cc1. The first kappa shape index (κ1) is 23.7. The maximum Gasteiger partial charge on any atom is 0.262 e. The van der Waals surface area contributed by atoms with E-state index in [0.717, 1.165) is 12.1 Å². The van der Waals surface area contributed by atoms with Gasteiger partial charge in [-0.2, -0.15) is 0 Å². The Bertz CT molecular complexity index is 1260. The fourth-order valence-electron chi connectivity index (χ4n) is 2.86. The monoisotopic (exact) mass is 471 g/mol. The molecule has 0 aliphatic carbocycles. The summed E-state index contributed by atoms with van der Waals surface area (Å²) in [5.41, 5.74) is 1.89. The summed E-state index contributed by atoms with van der Waals surface area (Å²) < 4.78 is 46.1. The van der Waals surface area contributed by atoms with Crippen LogP contribution in [-0.2, 0) is 19.6 Å². The smallest absolute Gasteiger partial charge is 0.262 e. The molecule has 0 saturated heterocycles. The first-order chi connectivity index (χ1) is 15.6. The van der Waals surface area contributed by atoms with E-state index in [-0.39, 0.29) is 23.1 Å². The first-order valence-electron chi connectivity index (χ1n) is 9.82. The summed E-state index contributed by atoms with van der Waals surface area (Å²) in [5, 5.41) is 5.30. The van der Waals surface area contributed by atoms with Crippen LogP contribution in [0, 0.1) is 12.7 Å². The molecule has 3 rings (SSSR count). The lowest BCUT2D eigenvalue weighted by molar-refractivity contribution is -0.118. The summed E-state index contributed by atoms with van der Waals surface area (Å²) in [6.45, 7) is 2.78. The number of anilines is 3. The molecule has 0 aliphatic rings. The molecule has 0 unspecified atom stereocenters. The first-order valence-corrected chi connectivity index (χ1v) is 11.3. The summed E-state index contributed by atoms with van der Waals surface area (Å²) in [6, 6.07) is 15.8. The number of ether oxygens (including phenoxy) is 1. The van der Waals surface area contributed by atoms with Gasteiger partial charge in [-0.25, -0.2) is 12.8 Å². The van der Waals surface area contributed by atoms with Crippen molar-refractivity contribution in [2.75, 3.05) is 22.0 Å². The number of nitrogens with one attached hydrogen (secondary N) is 3. The minimum atomic E-state index is -3.88. The van der Waals surface area contributed by atoms with E-state index in [2.05, 4.69) is 15.4 Å². The molecule has 33 heavy (non-hydrogen) atoms. The molecule has 3 aromatic carbocycles. The van der Waals surface area contributed by atoms with E-state index in [1.165, 1.54) is 37.3 Å². The summed E-state index contributed by atoms with van der Waals surface area (Å²) in [4.78, 5) is 23.2. The Morgan fingerprint density at radius 3 is 2.03 bits per heavy atom. The zero-order valence-electron chi connectivity index (χ0n) is 17.9. The normalized spacial score (nSPS) is 10.9. The van der Waals surface area contributed by atoms with E-state index < -0.39 is 21.7 Å². The van der Waals surface area contributed by atoms with E-state index in [1.807, 2.05) is 0 Å². The molecule has 0 fully saturated rings. The molecule has 0 atom stereocenters. The van der Waals surface area contributed by atoms with E-state index in [4.69, 9.17) is 4.74 Å². The van der Waals surface area contributed by atoms with Gasteiger partial charge in [0.05, 0.1) is 4.90 Å². The highest BCUT2D eigenvalue weighted by Crippen LogP contribution is 2.24. The zero-order valence-corrected chi connectivity index (χ0v) is 18.7. The van der Waals surface area contributed by atoms with Crippen LogP contribution in [0.2, 0.25) is 0 Å². The zero-order chi connectivity index (χ0) is 24.0. The Morgan fingerprint density at radius 1 is 0.879 bits per heavy atom. The fourth-order valence-corrected chi connectivity index (χ4v) is 4.01. The molecule has 0 heterocycles. The van der Waals surface area contributed by atoms with Gasteiger partial charge in [-0.3, -0.25) is 14.3 Å². The number of hydrogen-bond acceptors (Lipinski definition) is 5. The summed E-state index contributed by atoms with van der Waals surface area (Å²) in [5.74, 6) is -0.717. The fraction of sp³-hybridized carbons (Fsp3) is 0.130. The van der Waals surface area contributed by atoms with Crippen LogP contribution < -0.4 is 20.1 Å². The van der Waals surface area contributed by atoms with Crippen molar-refractivity contribution in [1.82, 2.24) is 0 Å². The second kappa shape index (κ2) is 10.1. The molecular formula is C23H22FN3O5S. The number of sulfonamides is 1. The van der Waals surface area contributed by atoms with Gasteiger partial charge in [0.1, 0.15) is 11.6 Å². The molecule has 172 valence electrons. The number of carbonyl (C=O) groups is 2. The van der Waals surface area contributed by atoms with Crippen molar-refractivity contribution in [3.8, 4) is 5.75 Å². The van der Waals surface area contributed by atoms with Gasteiger partial charge in [-0.1, -0.05) is 0 Å². The lowest BCUT2D eigenvalue weighted by atomic mass is 10.2. The van der Waals surface area contributed by atoms with Gasteiger partial charge in [0.2, 0.25) is 5.91 Å². The van der Waals surface area contributed by atoms with Crippen LogP contribution in [0.15, 0.2) is 71.6 Å². The third-order valence-electron chi connectivity index (χ3n) is 4.40. The maximum atomic E-state index is 13.0. The van der Waals surface area contributed by atoms with Crippen molar-refractivity contribution >= 4 is 38.9 Å². The molecule has 8 nitrogen and oxygen atoms in total. The predicted molar refractivity (Wildman–Crippen MR) is 123 cm³/mol. The van der Waals surface area contributed by atoms with E-state index in [9.17, 15) is 22.4 Å². The highest BCUT2D eigenvalue weighted by Gasteiger charge is 2.16. The Balaban J connectivity index is 1.59. The Morgan fingerprint density at radius 2 is 1.45 bits per heavy atom. The number of aryl methyl sites for hydroxylation is 1. The number of halogens is 1. The molecule has 0 spiro atoms. The second-order valence-corrected chi connectivity index (χ2v) is 8.82. The van der Waals surface area contributed by atoms with Crippen LogP contribution in [0.25, 0.3) is 0 Å². The van der Waals surface area contributed by atoms with Crippen molar-refractivity contribution in [3.63, 3.8) is 0 Å². The van der Waals surface area contributed by atoms with Gasteiger partial charge in [-0.05, 0) is 79.2 Å². The van der Waals surface area contributed by atoms with Gasteiger partial charge in [0, 0.05) is 24.0 Å². The molecule has 0 bridgehead atoms. The van der Waals surface area contributed by atoms with Crippen molar-refractivity contribution in [1.29, 1.82) is 0 Å². The van der Waals surface area contributed by atoms with Crippen LogP contribution in [-0.4, -0.2) is 26.8 Å². The average molecular weight is 472 g/mol. The lowest BCUT2D eigenvalue weighted by Crippen LogP contribution is -2.20. The number of rotatable bonds is 8. The molecular weight excluding hydrogens is 449 g/mol. The molecule has 10 heteroatoms. The van der Waals surface area contributed by atoms with Gasteiger partial charge in [0.15, 0.2) is 6.61 Å². The topological polar surface area (TPSA) is 114 Å². The third kappa shape index (κ3) is 6.78. The van der Waals surface area contributed by atoms with Crippen LogP contribution in [0.3, 0.4) is 0 Å². The van der Waals surface area contributed by atoms with Gasteiger partial charge in [-0.15, -0.1) is 0 Å². The van der Waals surface area contributed by atoms with E-state index in [1.54, 1.807) is 31.2 Å². The minimum Gasteiger partial charge on any atom is -0.483 e. The quantitative estimate of drug-likeness (QED) is 0.461. The molecule has 0 radical (unpaired) electrons. The number of carbonyl (C=O) groups excluding carboxylic acids is 2. The van der Waals surface area contributed by atoms with Crippen molar-refractivity contribution in [3.05, 3.63) is 78.1 Å².